The van der Waals surface area contributed by atoms with Gasteiger partial charge in [-0.05, 0) is 66.3 Å². The molecule has 1 aliphatic heterocycles. The van der Waals surface area contributed by atoms with E-state index >= 15 is 0 Å². The van der Waals surface area contributed by atoms with Crippen LogP contribution in [0, 0.1) is 0 Å². The van der Waals surface area contributed by atoms with Gasteiger partial charge in [-0.2, -0.15) is 0 Å². The van der Waals surface area contributed by atoms with Crippen LogP contribution in [0.4, 0.5) is 0 Å². The smallest absolute Gasteiger partial charge is 0.256 e. The van der Waals surface area contributed by atoms with Crippen molar-refractivity contribution in [2.24, 2.45) is 7.05 Å². The van der Waals surface area contributed by atoms with Gasteiger partial charge in [-0.15, -0.1) is 5.10 Å². The van der Waals surface area contributed by atoms with Crippen LogP contribution in [-0.4, -0.2) is 54.1 Å². The first kappa shape index (κ1) is 24.7. The lowest BCUT2D eigenvalue weighted by atomic mass is 10.0. The molecule has 3 aromatic heterocycles. The van der Waals surface area contributed by atoms with Crippen LogP contribution < -0.4 is 0 Å². The Bertz CT molecular complexity index is 1350. The number of tetrazole rings is 1. The number of carbonyl (C=O) groups is 1. The quantitative estimate of drug-likeness (QED) is 0.296. The number of nitrogens with zero attached hydrogens (tertiary/aromatic N) is 6. The Morgan fingerprint density at radius 1 is 1.11 bits per heavy atom. The molecule has 4 aromatic rings. The van der Waals surface area contributed by atoms with E-state index in [1.165, 1.54) is 5.56 Å². The van der Waals surface area contributed by atoms with Crippen LogP contribution in [-0.2, 0) is 19.9 Å². The van der Waals surface area contributed by atoms with Gasteiger partial charge < -0.3 is 9.47 Å². The Morgan fingerprint density at radius 2 is 1.94 bits per heavy atom. The third kappa shape index (κ3) is 5.25. The first-order valence-electron chi connectivity index (χ1n) is 12.4. The van der Waals surface area contributed by atoms with Gasteiger partial charge in [-0.1, -0.05) is 48.2 Å². The minimum absolute atomic E-state index is 0.0237. The van der Waals surface area contributed by atoms with Crippen molar-refractivity contribution >= 4 is 40.1 Å². The summed E-state index contributed by atoms with van der Waals surface area (Å²) in [5.74, 6) is 0.866. The summed E-state index contributed by atoms with van der Waals surface area (Å²) in [4.78, 5) is 20.3. The summed E-state index contributed by atoms with van der Waals surface area (Å²) >= 11 is 12.4. The van der Waals surface area contributed by atoms with Crippen molar-refractivity contribution in [3.63, 3.8) is 0 Å². The molecule has 1 N–H and O–H groups in total. The molecule has 10 heteroatoms. The van der Waals surface area contributed by atoms with E-state index < -0.39 is 0 Å². The number of carbonyl (C=O) groups excluding carboxylic acids is 1. The lowest BCUT2D eigenvalue weighted by Crippen LogP contribution is -2.29. The predicted octanol–water partition coefficient (Wildman–Crippen LogP) is 5.37. The predicted molar refractivity (Wildman–Crippen MR) is 140 cm³/mol. The van der Waals surface area contributed by atoms with E-state index in [9.17, 15) is 4.79 Å². The topological polar surface area (TPSA) is 92.6 Å². The molecule has 0 spiro atoms. The SMILES string of the molecule is Cn1c(CCCCCCc2cccc(Cl)c2)c(C(=O)N2CC[C@H](c3nnn[nH]3)C2)c2cc(Cl)cnc21. The molecule has 1 aromatic carbocycles. The van der Waals surface area contributed by atoms with Crippen molar-refractivity contribution in [2.45, 2.75) is 50.9 Å². The fourth-order valence-electron chi connectivity index (χ4n) is 5.20. The minimum atomic E-state index is 0.0237. The number of fused-ring (bicyclic) bond motifs is 1. The van der Waals surface area contributed by atoms with Crippen LogP contribution >= 0.6 is 23.2 Å². The number of rotatable bonds is 9. The first-order valence-corrected chi connectivity index (χ1v) is 13.2. The van der Waals surface area contributed by atoms with E-state index in [4.69, 9.17) is 23.2 Å². The number of likely N-dealkylation sites (tertiary alicyclic amines) is 1. The number of hydrogen-bond donors (Lipinski definition) is 1. The molecule has 1 amide bonds. The highest BCUT2D eigenvalue weighted by molar-refractivity contribution is 6.31. The zero-order valence-electron chi connectivity index (χ0n) is 20.3. The fraction of sp³-hybridized carbons (Fsp3) is 0.423. The summed E-state index contributed by atoms with van der Waals surface area (Å²) in [7, 11) is 1.99. The Kier molecular flexibility index (Phi) is 7.53. The van der Waals surface area contributed by atoms with Crippen LogP contribution in [0.2, 0.25) is 10.0 Å². The average Bonchev–Trinajstić information content (AvgIpc) is 3.61. The van der Waals surface area contributed by atoms with Gasteiger partial charge in [-0.3, -0.25) is 4.79 Å². The summed E-state index contributed by atoms with van der Waals surface area (Å²) in [5.41, 5.74) is 3.80. The molecule has 188 valence electrons. The molecule has 0 bridgehead atoms. The molecule has 1 saturated heterocycles. The van der Waals surface area contributed by atoms with Crippen molar-refractivity contribution in [3.05, 3.63) is 69.2 Å². The third-order valence-electron chi connectivity index (χ3n) is 7.07. The molecular weight excluding hydrogens is 497 g/mol. The number of benzene rings is 1. The molecule has 5 rings (SSSR count). The number of pyridine rings is 1. The largest absolute Gasteiger partial charge is 0.338 e. The molecule has 1 atom stereocenters. The van der Waals surface area contributed by atoms with E-state index in [-0.39, 0.29) is 11.8 Å². The van der Waals surface area contributed by atoms with Crippen molar-refractivity contribution in [1.29, 1.82) is 0 Å². The number of nitrogens with one attached hydrogen (secondary N) is 1. The number of amides is 1. The van der Waals surface area contributed by atoms with E-state index in [0.717, 1.165) is 78.1 Å². The van der Waals surface area contributed by atoms with Crippen LogP contribution in [0.5, 0.6) is 0 Å². The van der Waals surface area contributed by atoms with Gasteiger partial charge in [0.05, 0.1) is 10.6 Å². The first-order chi connectivity index (χ1) is 17.5. The van der Waals surface area contributed by atoms with Crippen molar-refractivity contribution < 1.29 is 4.79 Å². The molecule has 1 fully saturated rings. The molecule has 0 aliphatic carbocycles. The van der Waals surface area contributed by atoms with Crippen molar-refractivity contribution in [3.8, 4) is 0 Å². The summed E-state index contributed by atoms with van der Waals surface area (Å²) < 4.78 is 2.05. The van der Waals surface area contributed by atoms with E-state index in [1.807, 2.05) is 36.2 Å². The number of H-pyrrole nitrogens is 1. The Hall–Kier alpha value is -2.97. The maximum absolute atomic E-state index is 13.8. The molecular formula is C26H29Cl2N7O. The summed E-state index contributed by atoms with van der Waals surface area (Å²) in [6, 6.07) is 9.93. The summed E-state index contributed by atoms with van der Waals surface area (Å²) in [6.07, 6.45) is 8.64. The molecule has 4 heterocycles. The maximum Gasteiger partial charge on any atom is 0.256 e. The number of aromatic amines is 1. The number of halogens is 2. The highest BCUT2D eigenvalue weighted by Gasteiger charge is 2.33. The van der Waals surface area contributed by atoms with Gasteiger partial charge in [0.15, 0.2) is 5.82 Å². The highest BCUT2D eigenvalue weighted by Crippen LogP contribution is 2.32. The number of unbranched alkanes of at least 4 members (excludes halogenated alkanes) is 3. The van der Waals surface area contributed by atoms with E-state index in [1.54, 1.807) is 6.20 Å². The van der Waals surface area contributed by atoms with Crippen LogP contribution in [0.1, 0.15) is 65.5 Å². The average molecular weight is 526 g/mol. The lowest BCUT2D eigenvalue weighted by Gasteiger charge is -2.17. The second-order valence-electron chi connectivity index (χ2n) is 9.47. The second kappa shape index (κ2) is 11.0. The standard InChI is InChI=1S/C26H29Cl2N7O/c1-34-22(10-5-3-2-4-7-17-8-6-9-19(27)13-17)23(21-14-20(28)15-29-25(21)34)26(36)35-12-11-18(16-35)24-30-32-33-31-24/h6,8-9,13-15,18H,2-5,7,10-12,16H2,1H3,(H,30,31,32,33)/t18-/m0/s1. The maximum atomic E-state index is 13.8. The molecule has 0 radical (unpaired) electrons. The Balaban J connectivity index is 1.28. The third-order valence-corrected chi connectivity index (χ3v) is 7.51. The van der Waals surface area contributed by atoms with E-state index in [2.05, 4.69) is 36.2 Å². The van der Waals surface area contributed by atoms with Crippen LogP contribution in [0.3, 0.4) is 0 Å². The molecule has 1 aliphatic rings. The van der Waals surface area contributed by atoms with Crippen molar-refractivity contribution in [1.82, 2.24) is 35.1 Å². The fourth-order valence-corrected chi connectivity index (χ4v) is 5.57. The van der Waals surface area contributed by atoms with Crippen LogP contribution in [0.15, 0.2) is 36.5 Å². The number of aromatic nitrogens is 6. The second-order valence-corrected chi connectivity index (χ2v) is 10.3. The summed E-state index contributed by atoms with van der Waals surface area (Å²) in [6.45, 7) is 1.25. The zero-order chi connectivity index (χ0) is 25.1. The van der Waals surface area contributed by atoms with Gasteiger partial charge in [0.25, 0.3) is 5.91 Å². The highest BCUT2D eigenvalue weighted by atomic mass is 35.5. The van der Waals surface area contributed by atoms with Gasteiger partial charge in [-0.25, -0.2) is 10.1 Å². The lowest BCUT2D eigenvalue weighted by molar-refractivity contribution is 0.0791. The number of hydrogen-bond acceptors (Lipinski definition) is 5. The number of aryl methyl sites for hydroxylation is 2. The molecule has 0 unspecified atom stereocenters. The van der Waals surface area contributed by atoms with Crippen LogP contribution in [0.25, 0.3) is 11.0 Å². The van der Waals surface area contributed by atoms with Gasteiger partial charge in [0.1, 0.15) is 5.65 Å². The monoisotopic (exact) mass is 525 g/mol. The van der Waals surface area contributed by atoms with Gasteiger partial charge in [0, 0.05) is 48.4 Å². The Morgan fingerprint density at radius 3 is 2.72 bits per heavy atom. The van der Waals surface area contributed by atoms with Crippen molar-refractivity contribution in [2.75, 3.05) is 13.1 Å². The molecule has 0 saturated carbocycles. The minimum Gasteiger partial charge on any atom is -0.338 e. The van der Waals surface area contributed by atoms with Gasteiger partial charge in [0.2, 0.25) is 0 Å². The normalized spacial score (nSPS) is 15.8. The van der Waals surface area contributed by atoms with E-state index in [0.29, 0.717) is 18.1 Å². The zero-order valence-corrected chi connectivity index (χ0v) is 21.8. The molecule has 8 nitrogen and oxygen atoms in total. The Labute approximate surface area is 220 Å². The van der Waals surface area contributed by atoms with Gasteiger partial charge >= 0.3 is 0 Å². The summed E-state index contributed by atoms with van der Waals surface area (Å²) in [5, 5.41) is 16.4. The molecule has 36 heavy (non-hydrogen) atoms.